The van der Waals surface area contributed by atoms with E-state index in [4.69, 9.17) is 0 Å². The zero-order valence-electron chi connectivity index (χ0n) is 13.7. The third kappa shape index (κ3) is 3.59. The lowest BCUT2D eigenvalue weighted by molar-refractivity contribution is -0.124. The van der Waals surface area contributed by atoms with Crippen LogP contribution in [0.1, 0.15) is 46.0 Å². The number of carbonyl (C=O) groups excluding carboxylic acids is 1. The summed E-state index contributed by atoms with van der Waals surface area (Å²) in [5, 5.41) is 6.68. The molecule has 0 radical (unpaired) electrons. The number of hydrogen-bond donors (Lipinski definition) is 2. The van der Waals surface area contributed by atoms with E-state index in [9.17, 15) is 4.79 Å². The van der Waals surface area contributed by atoms with Gasteiger partial charge in [0.1, 0.15) is 0 Å². The van der Waals surface area contributed by atoms with E-state index < -0.39 is 0 Å². The summed E-state index contributed by atoms with van der Waals surface area (Å²) in [6.45, 7) is 10.1. The lowest BCUT2D eigenvalue weighted by Gasteiger charge is -2.33. The number of amides is 1. The van der Waals surface area contributed by atoms with Gasteiger partial charge >= 0.3 is 0 Å². The molecule has 4 heteroatoms. The highest BCUT2D eigenvalue weighted by atomic mass is 16.2. The zero-order valence-corrected chi connectivity index (χ0v) is 13.7. The van der Waals surface area contributed by atoms with E-state index in [2.05, 4.69) is 29.4 Å². The molecule has 120 valence electrons. The average molecular weight is 293 g/mol. The third-order valence-electron chi connectivity index (χ3n) is 5.77. The first kappa shape index (κ1) is 15.3. The van der Waals surface area contributed by atoms with E-state index in [1.807, 2.05) is 0 Å². The van der Waals surface area contributed by atoms with Crippen LogP contribution in [0.3, 0.4) is 0 Å². The second-order valence-corrected chi connectivity index (χ2v) is 7.79. The summed E-state index contributed by atoms with van der Waals surface area (Å²) >= 11 is 0. The Kier molecular flexibility index (Phi) is 4.55. The first-order valence-corrected chi connectivity index (χ1v) is 8.82. The van der Waals surface area contributed by atoms with Crippen molar-refractivity contribution in [3.05, 3.63) is 0 Å². The summed E-state index contributed by atoms with van der Waals surface area (Å²) in [6, 6.07) is 0.280. The van der Waals surface area contributed by atoms with Crippen LogP contribution in [0.5, 0.6) is 0 Å². The smallest absolute Gasteiger partial charge is 0.223 e. The maximum Gasteiger partial charge on any atom is 0.223 e. The standard InChI is InChI=1S/C17H31N3O/c1-13-4-3-9-20(11-13)12-14(2)19-16(21)15-10-17(15)5-7-18-8-6-17/h13-15,18H,3-12H2,1-2H3,(H,19,21). The molecule has 0 bridgehead atoms. The fourth-order valence-electron chi connectivity index (χ4n) is 4.42. The number of carbonyl (C=O) groups is 1. The summed E-state index contributed by atoms with van der Waals surface area (Å²) in [5.41, 5.74) is 0.356. The molecule has 21 heavy (non-hydrogen) atoms. The van der Waals surface area contributed by atoms with Crippen LogP contribution in [0, 0.1) is 17.3 Å². The molecule has 1 saturated carbocycles. The summed E-state index contributed by atoms with van der Waals surface area (Å²) in [4.78, 5) is 15.0. The molecule has 3 atom stereocenters. The molecule has 1 amide bonds. The Bertz CT molecular complexity index is 378. The van der Waals surface area contributed by atoms with Crippen molar-refractivity contribution in [2.24, 2.45) is 17.3 Å². The fourth-order valence-corrected chi connectivity index (χ4v) is 4.42. The molecule has 0 aromatic rings. The van der Waals surface area contributed by atoms with Gasteiger partial charge in [-0.1, -0.05) is 6.92 Å². The lowest BCUT2D eigenvalue weighted by atomic mass is 9.91. The van der Waals surface area contributed by atoms with Gasteiger partial charge in [-0.2, -0.15) is 0 Å². The van der Waals surface area contributed by atoms with Crippen LogP contribution in [-0.2, 0) is 4.79 Å². The highest BCUT2D eigenvalue weighted by molar-refractivity contribution is 5.82. The van der Waals surface area contributed by atoms with Crippen LogP contribution in [0.25, 0.3) is 0 Å². The second-order valence-electron chi connectivity index (χ2n) is 7.79. The molecule has 3 fully saturated rings. The largest absolute Gasteiger partial charge is 0.352 e. The zero-order chi connectivity index (χ0) is 14.9. The monoisotopic (exact) mass is 293 g/mol. The fraction of sp³-hybridized carbons (Fsp3) is 0.941. The maximum atomic E-state index is 12.4. The van der Waals surface area contributed by atoms with Crippen molar-refractivity contribution in [2.45, 2.75) is 52.0 Å². The van der Waals surface area contributed by atoms with E-state index in [0.29, 0.717) is 17.2 Å². The van der Waals surface area contributed by atoms with Crippen molar-refractivity contribution in [3.63, 3.8) is 0 Å². The maximum absolute atomic E-state index is 12.4. The molecule has 2 aliphatic heterocycles. The molecule has 2 N–H and O–H groups in total. The van der Waals surface area contributed by atoms with E-state index in [1.54, 1.807) is 0 Å². The Morgan fingerprint density at radius 3 is 2.90 bits per heavy atom. The molecule has 0 aromatic heterocycles. The molecule has 2 saturated heterocycles. The molecule has 1 spiro atoms. The number of piperidine rings is 2. The van der Waals surface area contributed by atoms with Gasteiger partial charge in [-0.05, 0) is 70.0 Å². The third-order valence-corrected chi connectivity index (χ3v) is 5.77. The normalized spacial score (nSPS) is 33.6. The Balaban J connectivity index is 1.42. The molecule has 3 rings (SSSR count). The minimum Gasteiger partial charge on any atom is -0.352 e. The van der Waals surface area contributed by atoms with Gasteiger partial charge < -0.3 is 15.5 Å². The van der Waals surface area contributed by atoms with Crippen LogP contribution < -0.4 is 10.6 Å². The number of hydrogen-bond acceptors (Lipinski definition) is 3. The first-order valence-electron chi connectivity index (χ1n) is 8.82. The Labute approximate surface area is 129 Å². The summed E-state index contributed by atoms with van der Waals surface area (Å²) in [6.07, 6.45) is 6.15. The van der Waals surface area contributed by atoms with Crippen LogP contribution in [0.15, 0.2) is 0 Å². The average Bonchev–Trinajstić information content (AvgIpc) is 3.13. The van der Waals surface area contributed by atoms with Crippen LogP contribution in [-0.4, -0.2) is 49.6 Å². The van der Waals surface area contributed by atoms with Gasteiger partial charge in [0.2, 0.25) is 5.91 Å². The predicted molar refractivity (Wildman–Crippen MR) is 85.1 cm³/mol. The van der Waals surface area contributed by atoms with Gasteiger partial charge in [0.05, 0.1) is 0 Å². The van der Waals surface area contributed by atoms with Crippen molar-refractivity contribution < 1.29 is 4.79 Å². The molecule has 2 heterocycles. The number of likely N-dealkylation sites (tertiary alicyclic amines) is 1. The van der Waals surface area contributed by atoms with E-state index in [1.165, 1.54) is 38.8 Å². The van der Waals surface area contributed by atoms with Crippen molar-refractivity contribution in [1.82, 2.24) is 15.5 Å². The topological polar surface area (TPSA) is 44.4 Å². The number of nitrogens with one attached hydrogen (secondary N) is 2. The second kappa shape index (κ2) is 6.25. The summed E-state index contributed by atoms with van der Waals surface area (Å²) in [7, 11) is 0. The molecular formula is C17H31N3O. The van der Waals surface area contributed by atoms with Gasteiger partial charge in [0.25, 0.3) is 0 Å². The van der Waals surface area contributed by atoms with Gasteiger partial charge in [-0.15, -0.1) is 0 Å². The van der Waals surface area contributed by atoms with E-state index in [0.717, 1.165) is 32.0 Å². The highest BCUT2D eigenvalue weighted by Gasteiger charge is 2.57. The van der Waals surface area contributed by atoms with Crippen molar-refractivity contribution in [1.29, 1.82) is 0 Å². The molecule has 3 unspecified atom stereocenters. The van der Waals surface area contributed by atoms with Crippen LogP contribution >= 0.6 is 0 Å². The quantitative estimate of drug-likeness (QED) is 0.828. The van der Waals surface area contributed by atoms with Crippen molar-refractivity contribution >= 4 is 5.91 Å². The van der Waals surface area contributed by atoms with Crippen molar-refractivity contribution in [2.75, 3.05) is 32.7 Å². The number of rotatable bonds is 4. The van der Waals surface area contributed by atoms with Gasteiger partial charge in [-0.3, -0.25) is 4.79 Å². The number of nitrogens with zero attached hydrogens (tertiary/aromatic N) is 1. The van der Waals surface area contributed by atoms with Gasteiger partial charge in [0, 0.05) is 25.0 Å². The van der Waals surface area contributed by atoms with Gasteiger partial charge in [-0.25, -0.2) is 0 Å². The van der Waals surface area contributed by atoms with Crippen LogP contribution in [0.4, 0.5) is 0 Å². The molecule has 0 aromatic carbocycles. The van der Waals surface area contributed by atoms with Gasteiger partial charge in [0.15, 0.2) is 0 Å². The Morgan fingerprint density at radius 2 is 2.19 bits per heavy atom. The highest BCUT2D eigenvalue weighted by Crippen LogP contribution is 2.58. The molecule has 4 nitrogen and oxygen atoms in total. The Hall–Kier alpha value is -0.610. The molecule has 3 aliphatic rings. The Morgan fingerprint density at radius 1 is 1.43 bits per heavy atom. The minimum absolute atomic E-state index is 0.280. The van der Waals surface area contributed by atoms with Crippen LogP contribution in [0.2, 0.25) is 0 Å². The molecule has 1 aliphatic carbocycles. The van der Waals surface area contributed by atoms with E-state index in [-0.39, 0.29) is 6.04 Å². The first-order chi connectivity index (χ1) is 10.1. The van der Waals surface area contributed by atoms with Crippen molar-refractivity contribution in [3.8, 4) is 0 Å². The minimum atomic E-state index is 0.280. The summed E-state index contributed by atoms with van der Waals surface area (Å²) < 4.78 is 0. The van der Waals surface area contributed by atoms with E-state index >= 15 is 0 Å². The predicted octanol–water partition coefficient (Wildman–Crippen LogP) is 1.61. The summed E-state index contributed by atoms with van der Waals surface area (Å²) in [5.74, 6) is 1.42. The molecular weight excluding hydrogens is 262 g/mol. The SMILES string of the molecule is CC1CCCN(CC(C)NC(=O)C2CC23CCNCC3)C1. The lowest BCUT2D eigenvalue weighted by Crippen LogP contribution is -2.46.